The van der Waals surface area contributed by atoms with Crippen LogP contribution >= 0.6 is 0 Å². The van der Waals surface area contributed by atoms with E-state index in [0.717, 1.165) is 5.56 Å². The van der Waals surface area contributed by atoms with Gasteiger partial charge in [-0.3, -0.25) is 9.69 Å². The molecule has 0 heterocycles. The van der Waals surface area contributed by atoms with Crippen LogP contribution in [0.25, 0.3) is 0 Å². The van der Waals surface area contributed by atoms with Crippen LogP contribution in [0.4, 0.5) is 4.39 Å². The quantitative estimate of drug-likeness (QED) is 0.777. The average molecular weight is 268 g/mol. The number of amides is 1. The lowest BCUT2D eigenvalue weighted by Gasteiger charge is -2.18. The van der Waals surface area contributed by atoms with E-state index in [1.165, 1.54) is 6.07 Å². The third kappa shape index (κ3) is 5.36. The standard InChI is InChI=1S/C14H21FN2O2/c1-3-17(6-7-18)10-14(19)16-9-12-5-4-11(2)13(15)8-12/h4-5,8,18H,3,6-7,9-10H2,1-2H3,(H,16,19). The zero-order chi connectivity index (χ0) is 14.3. The Hall–Kier alpha value is -1.46. The van der Waals surface area contributed by atoms with Crippen LogP contribution in [0.3, 0.4) is 0 Å². The summed E-state index contributed by atoms with van der Waals surface area (Å²) in [6.07, 6.45) is 0. The second kappa shape index (κ2) is 7.86. The molecule has 0 unspecified atom stereocenters. The molecule has 4 nitrogen and oxygen atoms in total. The first-order valence-corrected chi connectivity index (χ1v) is 6.41. The predicted octanol–water partition coefficient (Wildman–Crippen LogP) is 1.06. The van der Waals surface area contributed by atoms with Crippen LogP contribution in [-0.2, 0) is 11.3 Å². The molecule has 1 rings (SSSR count). The lowest BCUT2D eigenvalue weighted by Crippen LogP contribution is -2.38. The minimum atomic E-state index is -0.262. The lowest BCUT2D eigenvalue weighted by molar-refractivity contribution is -0.122. The number of rotatable bonds is 7. The van der Waals surface area contributed by atoms with E-state index in [1.807, 2.05) is 11.8 Å². The highest BCUT2D eigenvalue weighted by atomic mass is 19.1. The molecule has 0 fully saturated rings. The molecule has 0 aliphatic heterocycles. The maximum Gasteiger partial charge on any atom is 0.234 e. The van der Waals surface area contributed by atoms with Gasteiger partial charge in [-0.05, 0) is 30.7 Å². The number of benzene rings is 1. The van der Waals surface area contributed by atoms with Gasteiger partial charge in [0.25, 0.3) is 0 Å². The van der Waals surface area contributed by atoms with Gasteiger partial charge in [-0.2, -0.15) is 0 Å². The first-order chi connectivity index (χ1) is 9.06. The second-order valence-corrected chi connectivity index (χ2v) is 4.45. The summed E-state index contributed by atoms with van der Waals surface area (Å²) in [6.45, 7) is 5.39. The summed E-state index contributed by atoms with van der Waals surface area (Å²) in [5.41, 5.74) is 1.33. The first kappa shape index (κ1) is 15.6. The van der Waals surface area contributed by atoms with Gasteiger partial charge >= 0.3 is 0 Å². The number of aryl methyl sites for hydroxylation is 1. The highest BCUT2D eigenvalue weighted by Gasteiger charge is 2.08. The average Bonchev–Trinajstić information content (AvgIpc) is 2.39. The molecule has 0 aliphatic carbocycles. The van der Waals surface area contributed by atoms with E-state index in [4.69, 9.17) is 5.11 Å². The number of likely N-dealkylation sites (N-methyl/N-ethyl adjacent to an activating group) is 1. The molecular weight excluding hydrogens is 247 g/mol. The van der Waals surface area contributed by atoms with E-state index in [2.05, 4.69) is 5.32 Å². The van der Waals surface area contributed by atoms with Gasteiger partial charge < -0.3 is 10.4 Å². The minimum Gasteiger partial charge on any atom is -0.395 e. The van der Waals surface area contributed by atoms with Crippen LogP contribution in [0.15, 0.2) is 18.2 Å². The van der Waals surface area contributed by atoms with Gasteiger partial charge in [-0.1, -0.05) is 19.1 Å². The Labute approximate surface area is 113 Å². The lowest BCUT2D eigenvalue weighted by atomic mass is 10.1. The van der Waals surface area contributed by atoms with Gasteiger partial charge in [-0.25, -0.2) is 4.39 Å². The molecule has 0 saturated heterocycles. The number of halogens is 1. The number of nitrogens with zero attached hydrogens (tertiary/aromatic N) is 1. The van der Waals surface area contributed by atoms with Gasteiger partial charge in [0, 0.05) is 13.1 Å². The number of hydrogen-bond donors (Lipinski definition) is 2. The molecule has 0 aromatic heterocycles. The van der Waals surface area contributed by atoms with Gasteiger partial charge in [0.15, 0.2) is 0 Å². The van der Waals surface area contributed by atoms with E-state index in [0.29, 0.717) is 25.2 Å². The van der Waals surface area contributed by atoms with Crippen molar-refractivity contribution in [2.45, 2.75) is 20.4 Å². The van der Waals surface area contributed by atoms with Crippen LogP contribution in [0.1, 0.15) is 18.1 Å². The molecule has 1 aromatic rings. The predicted molar refractivity (Wildman–Crippen MR) is 72.2 cm³/mol. The summed E-state index contributed by atoms with van der Waals surface area (Å²) >= 11 is 0. The number of hydrogen-bond acceptors (Lipinski definition) is 3. The second-order valence-electron chi connectivity index (χ2n) is 4.45. The SMILES string of the molecule is CCN(CCO)CC(=O)NCc1ccc(C)c(F)c1. The molecule has 0 saturated carbocycles. The van der Waals surface area contributed by atoms with Crippen molar-refractivity contribution >= 4 is 5.91 Å². The fourth-order valence-electron chi connectivity index (χ4n) is 1.70. The molecule has 5 heteroatoms. The van der Waals surface area contributed by atoms with Crippen molar-refractivity contribution in [1.29, 1.82) is 0 Å². The molecule has 0 bridgehead atoms. The fourth-order valence-corrected chi connectivity index (χ4v) is 1.70. The summed E-state index contributed by atoms with van der Waals surface area (Å²) in [6, 6.07) is 4.92. The maximum absolute atomic E-state index is 13.3. The van der Waals surface area contributed by atoms with Crippen molar-refractivity contribution in [2.75, 3.05) is 26.2 Å². The number of nitrogens with one attached hydrogen (secondary N) is 1. The number of carbonyl (C=O) groups excluding carboxylic acids is 1. The highest BCUT2D eigenvalue weighted by Crippen LogP contribution is 2.08. The van der Waals surface area contributed by atoms with Crippen molar-refractivity contribution < 1.29 is 14.3 Å². The zero-order valence-electron chi connectivity index (χ0n) is 11.4. The normalized spacial score (nSPS) is 10.8. The highest BCUT2D eigenvalue weighted by molar-refractivity contribution is 5.78. The Morgan fingerprint density at radius 2 is 2.21 bits per heavy atom. The monoisotopic (exact) mass is 268 g/mol. The van der Waals surface area contributed by atoms with Crippen LogP contribution in [-0.4, -0.2) is 42.2 Å². The molecule has 0 spiro atoms. The molecular formula is C14H21FN2O2. The molecule has 1 amide bonds. The van der Waals surface area contributed by atoms with E-state index in [9.17, 15) is 9.18 Å². The third-order valence-corrected chi connectivity index (χ3v) is 2.96. The number of aliphatic hydroxyl groups excluding tert-OH is 1. The van der Waals surface area contributed by atoms with Crippen LogP contribution in [0, 0.1) is 12.7 Å². The Balaban J connectivity index is 2.43. The van der Waals surface area contributed by atoms with Crippen molar-refractivity contribution in [3.63, 3.8) is 0 Å². The van der Waals surface area contributed by atoms with Crippen LogP contribution in [0.5, 0.6) is 0 Å². The zero-order valence-corrected chi connectivity index (χ0v) is 11.4. The topological polar surface area (TPSA) is 52.6 Å². The van der Waals surface area contributed by atoms with Crippen molar-refractivity contribution in [1.82, 2.24) is 10.2 Å². The molecule has 2 N–H and O–H groups in total. The van der Waals surface area contributed by atoms with E-state index in [-0.39, 0.29) is 24.9 Å². The van der Waals surface area contributed by atoms with Crippen molar-refractivity contribution in [3.8, 4) is 0 Å². The molecule has 0 aliphatic rings. The van der Waals surface area contributed by atoms with Gasteiger partial charge in [0.2, 0.25) is 5.91 Å². The summed E-state index contributed by atoms with van der Waals surface area (Å²) < 4.78 is 13.3. The number of aliphatic hydroxyl groups is 1. The summed E-state index contributed by atoms with van der Waals surface area (Å²) in [5.74, 6) is -0.390. The summed E-state index contributed by atoms with van der Waals surface area (Å²) in [5, 5.41) is 11.6. The first-order valence-electron chi connectivity index (χ1n) is 6.41. The number of carbonyl (C=O) groups is 1. The van der Waals surface area contributed by atoms with Crippen LogP contribution < -0.4 is 5.32 Å². The Morgan fingerprint density at radius 1 is 1.47 bits per heavy atom. The van der Waals surface area contributed by atoms with Gasteiger partial charge in [-0.15, -0.1) is 0 Å². The molecule has 106 valence electrons. The van der Waals surface area contributed by atoms with Gasteiger partial charge in [0.05, 0.1) is 13.2 Å². The smallest absolute Gasteiger partial charge is 0.234 e. The van der Waals surface area contributed by atoms with Crippen molar-refractivity contribution in [3.05, 3.63) is 35.1 Å². The molecule has 19 heavy (non-hydrogen) atoms. The summed E-state index contributed by atoms with van der Waals surface area (Å²) in [7, 11) is 0. The van der Waals surface area contributed by atoms with Gasteiger partial charge in [0.1, 0.15) is 5.82 Å². The molecule has 0 atom stereocenters. The van der Waals surface area contributed by atoms with Crippen LogP contribution in [0.2, 0.25) is 0 Å². The maximum atomic E-state index is 13.3. The van der Waals surface area contributed by atoms with E-state index >= 15 is 0 Å². The molecule has 1 aromatic carbocycles. The van der Waals surface area contributed by atoms with Crippen molar-refractivity contribution in [2.24, 2.45) is 0 Å². The third-order valence-electron chi connectivity index (χ3n) is 2.96. The van der Waals surface area contributed by atoms with E-state index in [1.54, 1.807) is 19.1 Å². The Morgan fingerprint density at radius 3 is 2.79 bits per heavy atom. The largest absolute Gasteiger partial charge is 0.395 e. The van der Waals surface area contributed by atoms with E-state index < -0.39 is 0 Å². The fraction of sp³-hybridized carbons (Fsp3) is 0.500. The minimum absolute atomic E-state index is 0.0320. The molecule has 0 radical (unpaired) electrons. The Bertz CT molecular complexity index is 424. The Kier molecular flexibility index (Phi) is 6.45. The summed E-state index contributed by atoms with van der Waals surface area (Å²) in [4.78, 5) is 13.5.